The summed E-state index contributed by atoms with van der Waals surface area (Å²) in [5.41, 5.74) is 0.0661. The fourth-order valence-electron chi connectivity index (χ4n) is 3.14. The predicted octanol–water partition coefficient (Wildman–Crippen LogP) is 5.41. The Morgan fingerprint density at radius 1 is 1.33 bits per heavy atom. The van der Waals surface area contributed by atoms with Crippen LogP contribution >= 0.6 is 35.1 Å². The SMILES string of the molecule is C[C@H]1CCN(C(=O)CSc2nnc3c(Cl)cc(C(F)(F)F)cn23)c2ccccc2S1. The van der Waals surface area contributed by atoms with Crippen LogP contribution in [0.4, 0.5) is 18.9 Å². The average Bonchev–Trinajstić information content (AvgIpc) is 3.02. The maximum absolute atomic E-state index is 13.1. The van der Waals surface area contributed by atoms with E-state index in [4.69, 9.17) is 11.6 Å². The van der Waals surface area contributed by atoms with Crippen LogP contribution in [0, 0.1) is 0 Å². The molecule has 1 aliphatic rings. The van der Waals surface area contributed by atoms with E-state index in [1.165, 1.54) is 4.40 Å². The Kier molecular flexibility index (Phi) is 5.91. The van der Waals surface area contributed by atoms with Gasteiger partial charge in [0.1, 0.15) is 0 Å². The first-order valence-electron chi connectivity index (χ1n) is 9.04. The standard InChI is InChI=1S/C19H16ClF3N4OS2/c1-11-6-7-26(14-4-2-3-5-15(14)30-11)16(28)10-29-18-25-24-17-13(20)8-12(9-27(17)18)19(21,22)23/h2-5,8-9,11H,6-7,10H2,1H3/t11-/m0/s1. The highest BCUT2D eigenvalue weighted by Crippen LogP contribution is 2.38. The second-order valence-electron chi connectivity index (χ2n) is 6.77. The van der Waals surface area contributed by atoms with Gasteiger partial charge in [-0.25, -0.2) is 0 Å². The van der Waals surface area contributed by atoms with Crippen molar-refractivity contribution < 1.29 is 18.0 Å². The minimum absolute atomic E-state index is 0.0159. The molecule has 3 aromatic rings. The smallest absolute Gasteiger partial charge is 0.311 e. The quantitative estimate of drug-likeness (QED) is 0.477. The number of carbonyl (C=O) groups is 1. The number of fused-ring (bicyclic) bond motifs is 2. The van der Waals surface area contributed by atoms with Gasteiger partial charge in [-0.3, -0.25) is 9.20 Å². The van der Waals surface area contributed by atoms with Gasteiger partial charge in [-0.2, -0.15) is 13.2 Å². The number of benzene rings is 1. The lowest BCUT2D eigenvalue weighted by atomic mass is 10.2. The van der Waals surface area contributed by atoms with Crippen molar-refractivity contribution in [1.29, 1.82) is 0 Å². The van der Waals surface area contributed by atoms with Gasteiger partial charge in [0.15, 0.2) is 10.8 Å². The number of halogens is 4. The van der Waals surface area contributed by atoms with Crippen molar-refractivity contribution in [2.24, 2.45) is 0 Å². The minimum Gasteiger partial charge on any atom is -0.311 e. The molecule has 30 heavy (non-hydrogen) atoms. The Morgan fingerprint density at radius 3 is 2.87 bits per heavy atom. The third-order valence-corrected chi connectivity index (χ3v) is 7.07. The van der Waals surface area contributed by atoms with Gasteiger partial charge in [-0.05, 0) is 24.6 Å². The molecule has 0 saturated carbocycles. The van der Waals surface area contributed by atoms with Crippen LogP contribution in [0.25, 0.3) is 5.65 Å². The summed E-state index contributed by atoms with van der Waals surface area (Å²) >= 11 is 8.71. The third-order valence-electron chi connectivity index (χ3n) is 4.63. The molecule has 0 radical (unpaired) electrons. The maximum Gasteiger partial charge on any atom is 0.417 e. The van der Waals surface area contributed by atoms with E-state index in [-0.39, 0.29) is 27.5 Å². The molecule has 0 saturated heterocycles. The van der Waals surface area contributed by atoms with Crippen LogP contribution in [0.5, 0.6) is 0 Å². The first-order chi connectivity index (χ1) is 14.2. The average molecular weight is 473 g/mol. The molecule has 11 heteroatoms. The highest BCUT2D eigenvalue weighted by Gasteiger charge is 2.32. The zero-order valence-electron chi connectivity index (χ0n) is 15.7. The van der Waals surface area contributed by atoms with Crippen molar-refractivity contribution in [3.8, 4) is 0 Å². The first-order valence-corrected chi connectivity index (χ1v) is 11.3. The second-order valence-corrected chi connectivity index (χ2v) is 9.60. The monoisotopic (exact) mass is 472 g/mol. The van der Waals surface area contributed by atoms with Crippen molar-refractivity contribution in [2.75, 3.05) is 17.2 Å². The molecule has 3 heterocycles. The van der Waals surface area contributed by atoms with Crippen LogP contribution in [0.3, 0.4) is 0 Å². The Morgan fingerprint density at radius 2 is 2.10 bits per heavy atom. The van der Waals surface area contributed by atoms with E-state index in [0.717, 1.165) is 41.0 Å². The van der Waals surface area contributed by atoms with Crippen molar-refractivity contribution in [2.45, 2.75) is 34.8 Å². The van der Waals surface area contributed by atoms with Crippen LogP contribution in [-0.4, -0.2) is 38.1 Å². The van der Waals surface area contributed by atoms with Gasteiger partial charge in [0.25, 0.3) is 0 Å². The molecule has 0 spiro atoms. The molecule has 0 bridgehead atoms. The highest BCUT2D eigenvalue weighted by atomic mass is 35.5. The van der Waals surface area contributed by atoms with Crippen LogP contribution in [0.15, 0.2) is 46.6 Å². The van der Waals surface area contributed by atoms with E-state index < -0.39 is 11.7 Å². The number of para-hydroxylation sites is 1. The summed E-state index contributed by atoms with van der Waals surface area (Å²) in [7, 11) is 0. The highest BCUT2D eigenvalue weighted by molar-refractivity contribution is 8.00. The van der Waals surface area contributed by atoms with E-state index in [0.29, 0.717) is 11.8 Å². The zero-order valence-corrected chi connectivity index (χ0v) is 18.1. The Labute approximate surface area is 184 Å². The number of hydrogen-bond acceptors (Lipinski definition) is 5. The van der Waals surface area contributed by atoms with Gasteiger partial charge in [0.2, 0.25) is 5.91 Å². The molecule has 0 aliphatic carbocycles. The predicted molar refractivity (Wildman–Crippen MR) is 112 cm³/mol. The topological polar surface area (TPSA) is 50.5 Å². The molecule has 1 atom stereocenters. The van der Waals surface area contributed by atoms with Crippen LogP contribution in [-0.2, 0) is 11.0 Å². The number of aromatic nitrogens is 3. The molecule has 4 rings (SSSR count). The third kappa shape index (κ3) is 4.26. The van der Waals surface area contributed by atoms with Crippen molar-refractivity contribution in [3.05, 3.63) is 47.1 Å². The molecule has 0 N–H and O–H groups in total. The van der Waals surface area contributed by atoms with Crippen molar-refractivity contribution in [3.63, 3.8) is 0 Å². The Hall–Kier alpha value is -1.91. The fourth-order valence-corrected chi connectivity index (χ4v) is 5.28. The van der Waals surface area contributed by atoms with Crippen molar-refractivity contribution in [1.82, 2.24) is 14.6 Å². The Bertz CT molecular complexity index is 1110. The number of anilines is 1. The minimum atomic E-state index is -4.55. The summed E-state index contributed by atoms with van der Waals surface area (Å²) in [5, 5.41) is 8.18. The van der Waals surface area contributed by atoms with Gasteiger partial charge < -0.3 is 4.90 Å². The summed E-state index contributed by atoms with van der Waals surface area (Å²) in [5.74, 6) is -0.126. The van der Waals surface area contributed by atoms with Crippen LogP contribution < -0.4 is 4.90 Å². The lowest BCUT2D eigenvalue weighted by molar-refractivity contribution is -0.137. The van der Waals surface area contributed by atoms with Gasteiger partial charge in [0, 0.05) is 22.9 Å². The van der Waals surface area contributed by atoms with E-state index in [9.17, 15) is 18.0 Å². The number of hydrogen-bond donors (Lipinski definition) is 0. The molecule has 1 amide bonds. The molecule has 2 aromatic heterocycles. The number of rotatable bonds is 3. The number of nitrogens with zero attached hydrogens (tertiary/aromatic N) is 4. The summed E-state index contributed by atoms with van der Waals surface area (Å²) in [6, 6.07) is 8.53. The number of thioether (sulfide) groups is 2. The fraction of sp³-hybridized carbons (Fsp3) is 0.316. The lowest BCUT2D eigenvalue weighted by Crippen LogP contribution is -2.33. The van der Waals surface area contributed by atoms with Gasteiger partial charge in [-0.15, -0.1) is 22.0 Å². The van der Waals surface area contributed by atoms with E-state index in [2.05, 4.69) is 17.1 Å². The van der Waals surface area contributed by atoms with Gasteiger partial charge in [-0.1, -0.05) is 42.4 Å². The zero-order chi connectivity index (χ0) is 21.5. The number of pyridine rings is 1. The summed E-state index contributed by atoms with van der Waals surface area (Å²) in [4.78, 5) is 15.7. The molecular formula is C19H16ClF3N4OS2. The molecule has 0 fully saturated rings. The van der Waals surface area contributed by atoms with Crippen molar-refractivity contribution >= 4 is 52.4 Å². The number of alkyl halides is 3. The number of carbonyl (C=O) groups excluding carboxylic acids is 1. The Balaban J connectivity index is 1.57. The molecule has 5 nitrogen and oxygen atoms in total. The van der Waals surface area contributed by atoms with E-state index in [1.807, 2.05) is 24.3 Å². The van der Waals surface area contributed by atoms with Crippen LogP contribution in [0.1, 0.15) is 18.9 Å². The summed E-state index contributed by atoms with van der Waals surface area (Å²) in [6.45, 7) is 2.70. The van der Waals surface area contributed by atoms with E-state index >= 15 is 0 Å². The number of amides is 1. The largest absolute Gasteiger partial charge is 0.417 e. The molecule has 1 aromatic carbocycles. The summed E-state index contributed by atoms with van der Waals surface area (Å²) < 4.78 is 40.5. The summed E-state index contributed by atoms with van der Waals surface area (Å²) in [6.07, 6.45) is -2.81. The lowest BCUT2D eigenvalue weighted by Gasteiger charge is -2.22. The second kappa shape index (κ2) is 8.32. The van der Waals surface area contributed by atoms with Crippen LogP contribution in [0.2, 0.25) is 5.02 Å². The first kappa shape index (κ1) is 21.3. The molecule has 158 valence electrons. The normalized spacial score (nSPS) is 17.1. The van der Waals surface area contributed by atoms with Gasteiger partial charge in [0.05, 0.1) is 22.0 Å². The molecular weight excluding hydrogens is 457 g/mol. The molecule has 0 unspecified atom stereocenters. The van der Waals surface area contributed by atoms with E-state index in [1.54, 1.807) is 16.7 Å². The molecule has 1 aliphatic heterocycles. The van der Waals surface area contributed by atoms with Gasteiger partial charge >= 0.3 is 6.18 Å². The maximum atomic E-state index is 13.1.